The Morgan fingerprint density at radius 1 is 0.415 bits per heavy atom. The number of fused-ring (bicyclic) bond motifs is 6. The van der Waals surface area contributed by atoms with E-state index in [4.69, 9.17) is 0 Å². The first-order chi connectivity index (χ1) is 26.2. The monoisotopic (exact) mass is 696 g/mol. The van der Waals surface area contributed by atoms with Crippen LogP contribution in [0.15, 0.2) is 158 Å². The molecule has 0 nitrogen and oxygen atoms in total. The SMILES string of the molecule is c1ccc(-c2cc(-c3ccccc3)cc(-c3cccc4c3sc3cccc(-c5cccc6c5-c5ccccc5C65C6CC7CC(C6)CC5C7)c34)c2)cc1. The lowest BCUT2D eigenvalue weighted by atomic mass is 9.43. The maximum absolute atomic E-state index is 2.54. The van der Waals surface area contributed by atoms with Gasteiger partial charge in [-0.25, -0.2) is 0 Å². The van der Waals surface area contributed by atoms with E-state index in [1.54, 1.807) is 11.1 Å². The molecule has 0 saturated heterocycles. The summed E-state index contributed by atoms with van der Waals surface area (Å²) < 4.78 is 2.73. The molecule has 1 spiro atoms. The van der Waals surface area contributed by atoms with E-state index in [1.165, 1.54) is 108 Å². The smallest absolute Gasteiger partial charge is 0.0434 e. The van der Waals surface area contributed by atoms with Gasteiger partial charge in [0.05, 0.1) is 0 Å². The maximum Gasteiger partial charge on any atom is 0.0434 e. The highest BCUT2D eigenvalue weighted by Gasteiger charge is 2.61. The van der Waals surface area contributed by atoms with Crippen molar-refractivity contribution >= 4 is 31.5 Å². The summed E-state index contributed by atoms with van der Waals surface area (Å²) in [6.07, 6.45) is 7.13. The quantitative estimate of drug-likeness (QED) is 0.172. The van der Waals surface area contributed by atoms with Crippen molar-refractivity contribution in [2.45, 2.75) is 37.5 Å². The summed E-state index contributed by atoms with van der Waals surface area (Å²) in [5, 5.41) is 2.76. The minimum absolute atomic E-state index is 0.174. The average Bonchev–Trinajstić information content (AvgIpc) is 3.75. The summed E-state index contributed by atoms with van der Waals surface area (Å²) in [5.74, 6) is 3.42. The van der Waals surface area contributed by atoms with Crippen molar-refractivity contribution in [1.82, 2.24) is 0 Å². The highest BCUT2D eigenvalue weighted by atomic mass is 32.1. The van der Waals surface area contributed by atoms with Crippen LogP contribution in [0.2, 0.25) is 0 Å². The Labute approximate surface area is 315 Å². The van der Waals surface area contributed by atoms with Gasteiger partial charge >= 0.3 is 0 Å². The number of hydrogen-bond acceptors (Lipinski definition) is 1. The second kappa shape index (κ2) is 11.4. The van der Waals surface area contributed by atoms with Crippen molar-refractivity contribution in [2.24, 2.45) is 23.7 Å². The fraction of sp³-hybridized carbons (Fsp3) is 0.192. The van der Waals surface area contributed by atoms with Gasteiger partial charge in [-0.05, 0) is 147 Å². The van der Waals surface area contributed by atoms with E-state index in [2.05, 4.69) is 158 Å². The van der Waals surface area contributed by atoms with Crippen molar-refractivity contribution < 1.29 is 0 Å². The van der Waals surface area contributed by atoms with Crippen LogP contribution in [-0.4, -0.2) is 0 Å². The van der Waals surface area contributed by atoms with Crippen molar-refractivity contribution in [3.63, 3.8) is 0 Å². The molecule has 1 heterocycles. The van der Waals surface area contributed by atoms with E-state index in [1.807, 2.05) is 11.3 Å². The second-order valence-corrected chi connectivity index (χ2v) is 17.5. The van der Waals surface area contributed by atoms with Crippen molar-refractivity contribution in [3.8, 4) is 55.6 Å². The first-order valence-electron chi connectivity index (χ1n) is 19.7. The third kappa shape index (κ3) is 4.29. The zero-order valence-corrected chi connectivity index (χ0v) is 30.6. The topological polar surface area (TPSA) is 0 Å². The second-order valence-electron chi connectivity index (χ2n) is 16.4. The van der Waals surface area contributed by atoms with Crippen LogP contribution < -0.4 is 0 Å². The van der Waals surface area contributed by atoms with Crippen LogP contribution in [0, 0.1) is 23.7 Å². The van der Waals surface area contributed by atoms with Gasteiger partial charge in [-0.1, -0.05) is 133 Å². The molecule has 1 heteroatoms. The normalized spacial score (nSPS) is 23.5. The van der Waals surface area contributed by atoms with E-state index in [0.29, 0.717) is 0 Å². The molecule has 0 amide bonds. The van der Waals surface area contributed by atoms with E-state index in [0.717, 1.165) is 23.7 Å². The Balaban J connectivity index is 1.07. The van der Waals surface area contributed by atoms with Gasteiger partial charge in [0.25, 0.3) is 0 Å². The highest BCUT2D eigenvalue weighted by Crippen LogP contribution is 2.70. The zero-order chi connectivity index (χ0) is 34.7. The Hall–Kier alpha value is -5.24. The fourth-order valence-corrected chi connectivity index (χ4v) is 13.4. The van der Waals surface area contributed by atoms with Crippen LogP contribution in [0.4, 0.5) is 0 Å². The summed E-state index contributed by atoms with van der Waals surface area (Å²) in [6.45, 7) is 0. The molecule has 0 radical (unpaired) electrons. The summed E-state index contributed by atoms with van der Waals surface area (Å²) in [5.41, 5.74) is 16.8. The van der Waals surface area contributed by atoms with Crippen LogP contribution in [0.3, 0.4) is 0 Å². The number of rotatable bonds is 4. The molecular weight excluding hydrogens is 657 g/mol. The largest absolute Gasteiger partial charge is 0.135 e. The minimum Gasteiger partial charge on any atom is -0.135 e. The van der Waals surface area contributed by atoms with Crippen molar-refractivity contribution in [1.29, 1.82) is 0 Å². The Bertz CT molecular complexity index is 2650. The van der Waals surface area contributed by atoms with Gasteiger partial charge < -0.3 is 0 Å². The Morgan fingerprint density at radius 3 is 1.68 bits per heavy atom. The molecule has 4 saturated carbocycles. The molecule has 0 aliphatic heterocycles. The average molecular weight is 697 g/mol. The van der Waals surface area contributed by atoms with Gasteiger partial charge in [0.1, 0.15) is 0 Å². The van der Waals surface area contributed by atoms with E-state index < -0.39 is 0 Å². The third-order valence-electron chi connectivity index (χ3n) is 13.8. The van der Waals surface area contributed by atoms with E-state index in [9.17, 15) is 0 Å². The third-order valence-corrected chi connectivity index (χ3v) is 15.1. The fourth-order valence-electron chi connectivity index (χ4n) is 12.1. The van der Waals surface area contributed by atoms with Crippen LogP contribution in [0.25, 0.3) is 75.8 Å². The van der Waals surface area contributed by atoms with Gasteiger partial charge in [-0.3, -0.25) is 0 Å². The van der Waals surface area contributed by atoms with Gasteiger partial charge in [0, 0.05) is 25.6 Å². The molecule has 0 atom stereocenters. The molecule has 13 rings (SSSR count). The number of hydrogen-bond donors (Lipinski definition) is 0. The summed E-state index contributed by atoms with van der Waals surface area (Å²) in [4.78, 5) is 0. The standard InChI is InChI=1S/C52H40S/c1-3-12-34(13-4-1)36-29-37(35-14-5-2-6-15-35)31-38(30-36)41-17-9-20-45-50-43(19-11-23-48(50)53-51(41)45)42-18-10-22-47-49(42)44-16-7-8-21-46(44)52(47)39-25-32-24-33(27-39)28-40(52)26-32/h1-23,29-33,39-40H,24-28H2. The van der Waals surface area contributed by atoms with Crippen LogP contribution in [0.5, 0.6) is 0 Å². The summed E-state index contributed by atoms with van der Waals surface area (Å²) in [6, 6.07) is 59.8. The molecule has 1 aromatic heterocycles. The summed E-state index contributed by atoms with van der Waals surface area (Å²) in [7, 11) is 0. The molecule has 0 N–H and O–H groups in total. The maximum atomic E-state index is 2.54. The summed E-state index contributed by atoms with van der Waals surface area (Å²) >= 11 is 1.95. The molecule has 53 heavy (non-hydrogen) atoms. The molecule has 0 unspecified atom stereocenters. The van der Waals surface area contributed by atoms with Gasteiger partial charge in [0.15, 0.2) is 0 Å². The van der Waals surface area contributed by atoms with Crippen LogP contribution in [0.1, 0.15) is 43.2 Å². The molecule has 8 aromatic rings. The van der Waals surface area contributed by atoms with Crippen molar-refractivity contribution in [2.75, 3.05) is 0 Å². The lowest BCUT2D eigenvalue weighted by Crippen LogP contribution is -2.55. The molecule has 4 fully saturated rings. The van der Waals surface area contributed by atoms with E-state index in [-0.39, 0.29) is 5.41 Å². The number of thiophene rings is 1. The van der Waals surface area contributed by atoms with Gasteiger partial charge in [0.2, 0.25) is 0 Å². The predicted octanol–water partition coefficient (Wildman–Crippen LogP) is 14.4. The molecule has 254 valence electrons. The molecular formula is C52H40S. The number of benzene rings is 7. The van der Waals surface area contributed by atoms with Crippen LogP contribution in [-0.2, 0) is 5.41 Å². The molecule has 5 aliphatic rings. The molecule has 5 aliphatic carbocycles. The highest BCUT2D eigenvalue weighted by molar-refractivity contribution is 7.26. The lowest BCUT2D eigenvalue weighted by Gasteiger charge is -2.61. The minimum atomic E-state index is 0.174. The van der Waals surface area contributed by atoms with Gasteiger partial charge in [-0.15, -0.1) is 11.3 Å². The zero-order valence-electron chi connectivity index (χ0n) is 29.8. The lowest BCUT2D eigenvalue weighted by molar-refractivity contribution is -0.0399. The Kier molecular flexibility index (Phi) is 6.49. The Morgan fingerprint density at radius 2 is 0.962 bits per heavy atom. The first-order valence-corrected chi connectivity index (χ1v) is 20.5. The van der Waals surface area contributed by atoms with Gasteiger partial charge in [-0.2, -0.15) is 0 Å². The predicted molar refractivity (Wildman–Crippen MR) is 224 cm³/mol. The molecule has 7 aromatic carbocycles. The van der Waals surface area contributed by atoms with Crippen molar-refractivity contribution in [3.05, 3.63) is 169 Å². The van der Waals surface area contributed by atoms with E-state index >= 15 is 0 Å². The molecule has 4 bridgehead atoms. The first kappa shape index (κ1) is 30.2. The van der Waals surface area contributed by atoms with Crippen LogP contribution >= 0.6 is 11.3 Å².